The average molecular weight is 403 g/mol. The number of halogens is 1. The summed E-state index contributed by atoms with van der Waals surface area (Å²) in [5.74, 6) is -0.971. The van der Waals surface area contributed by atoms with Gasteiger partial charge in [-0.15, -0.1) is 5.10 Å². The first-order valence-electron chi connectivity index (χ1n) is 9.58. The van der Waals surface area contributed by atoms with Gasteiger partial charge in [0.1, 0.15) is 5.82 Å². The van der Waals surface area contributed by atoms with Crippen molar-refractivity contribution in [3.05, 3.63) is 89.2 Å². The molecule has 1 N–H and O–H groups in total. The number of aromatic nitrogens is 3. The highest BCUT2D eigenvalue weighted by atomic mass is 19.1. The molecule has 0 spiro atoms. The van der Waals surface area contributed by atoms with Crippen LogP contribution in [0.4, 0.5) is 4.39 Å². The van der Waals surface area contributed by atoms with Crippen LogP contribution in [0.25, 0.3) is 33.3 Å². The first-order chi connectivity index (χ1) is 14.6. The molecule has 0 aliphatic heterocycles. The zero-order chi connectivity index (χ0) is 20.7. The molecule has 7 heteroatoms. The Morgan fingerprint density at radius 3 is 2.13 bits per heavy atom. The van der Waals surface area contributed by atoms with Gasteiger partial charge in [-0.2, -0.15) is 4.68 Å². The smallest absolute Gasteiger partial charge is 0.389 e. The second-order valence-corrected chi connectivity index (χ2v) is 7.16. The average Bonchev–Trinajstić information content (AvgIpc) is 3.27. The summed E-state index contributed by atoms with van der Waals surface area (Å²) in [7, 11) is 0. The Balaban J connectivity index is 1.44. The number of hydrogen-bond donors (Lipinski definition) is 1. The van der Waals surface area contributed by atoms with Crippen molar-refractivity contribution < 1.29 is 13.9 Å². The van der Waals surface area contributed by atoms with Crippen molar-refractivity contribution in [3.63, 3.8) is 0 Å². The van der Waals surface area contributed by atoms with Crippen molar-refractivity contribution in [2.75, 3.05) is 0 Å². The number of rotatable bonds is 5. The minimum Gasteiger partial charge on any atom is -0.389 e. The molecule has 0 fully saturated rings. The largest absolute Gasteiger partial charge is 0.437 e. The van der Waals surface area contributed by atoms with Crippen molar-refractivity contribution in [1.82, 2.24) is 14.3 Å². The number of aliphatic hydroxyl groups is 1. The summed E-state index contributed by atoms with van der Waals surface area (Å²) in [6, 6.07) is 21.5. The van der Waals surface area contributed by atoms with E-state index in [1.54, 1.807) is 0 Å². The number of fused-ring (bicyclic) bond motifs is 3. The third kappa shape index (κ3) is 3.19. The zero-order valence-corrected chi connectivity index (χ0v) is 15.9. The van der Waals surface area contributed by atoms with Crippen LogP contribution >= 0.6 is 0 Å². The number of benzene rings is 3. The highest BCUT2D eigenvalue weighted by Crippen LogP contribution is 2.29. The summed E-state index contributed by atoms with van der Waals surface area (Å²) in [5.41, 5.74) is 2.51. The van der Waals surface area contributed by atoms with Gasteiger partial charge in [-0.25, -0.2) is 9.18 Å². The Kier molecular flexibility index (Phi) is 4.44. The molecule has 0 bridgehead atoms. The van der Waals surface area contributed by atoms with Crippen molar-refractivity contribution in [3.8, 4) is 11.5 Å². The van der Waals surface area contributed by atoms with Crippen molar-refractivity contribution in [2.24, 2.45) is 0 Å². The van der Waals surface area contributed by atoms with Crippen LogP contribution in [-0.2, 0) is 13.1 Å². The lowest BCUT2D eigenvalue weighted by Crippen LogP contribution is -2.27. The lowest BCUT2D eigenvalue weighted by atomic mass is 10.2. The van der Waals surface area contributed by atoms with E-state index in [0.717, 1.165) is 26.5 Å². The Labute approximate surface area is 170 Å². The standard InChI is InChI=1S/C23H18FN3O3/c24-16-11-9-15(10-12-16)22-25-27(23(29)30-22)14-17(28)13-26-20-7-3-1-5-18(20)19-6-2-4-8-21(19)26/h1-12,17,28H,13-14H2/t17-/m1/s1. The SMILES string of the molecule is O=c1oc(-c2ccc(F)cc2)nn1C[C@H](O)Cn1c2ccccc2c2ccccc21. The molecule has 0 radical (unpaired) electrons. The number of aliphatic hydroxyl groups excluding tert-OH is 1. The van der Waals surface area contributed by atoms with Crippen LogP contribution in [0.1, 0.15) is 0 Å². The molecule has 1 atom stereocenters. The maximum absolute atomic E-state index is 13.1. The van der Waals surface area contributed by atoms with Crippen LogP contribution in [0.3, 0.4) is 0 Å². The Morgan fingerprint density at radius 1 is 0.900 bits per heavy atom. The maximum atomic E-state index is 13.1. The zero-order valence-electron chi connectivity index (χ0n) is 15.9. The van der Waals surface area contributed by atoms with Gasteiger partial charge < -0.3 is 14.1 Å². The predicted molar refractivity (Wildman–Crippen MR) is 112 cm³/mol. The minimum absolute atomic E-state index is 0.0235. The van der Waals surface area contributed by atoms with Crippen molar-refractivity contribution in [1.29, 1.82) is 0 Å². The molecule has 0 unspecified atom stereocenters. The fourth-order valence-electron chi connectivity index (χ4n) is 3.80. The van der Waals surface area contributed by atoms with Crippen LogP contribution in [0.5, 0.6) is 0 Å². The van der Waals surface area contributed by atoms with Gasteiger partial charge >= 0.3 is 5.76 Å². The highest BCUT2D eigenvalue weighted by molar-refractivity contribution is 6.07. The summed E-state index contributed by atoms with van der Waals surface area (Å²) < 4.78 is 21.4. The first kappa shape index (κ1) is 18.3. The molecule has 3 aromatic carbocycles. The van der Waals surface area contributed by atoms with Gasteiger partial charge in [-0.1, -0.05) is 36.4 Å². The highest BCUT2D eigenvalue weighted by Gasteiger charge is 2.17. The Morgan fingerprint density at radius 2 is 1.50 bits per heavy atom. The molecule has 5 aromatic rings. The quantitative estimate of drug-likeness (QED) is 0.484. The van der Waals surface area contributed by atoms with Gasteiger partial charge in [-0.3, -0.25) is 0 Å². The van der Waals surface area contributed by atoms with Crippen molar-refractivity contribution in [2.45, 2.75) is 19.2 Å². The van der Waals surface area contributed by atoms with E-state index in [1.807, 2.05) is 41.0 Å². The van der Waals surface area contributed by atoms with Gasteiger partial charge in [0.05, 0.1) is 19.2 Å². The van der Waals surface area contributed by atoms with E-state index in [9.17, 15) is 14.3 Å². The Bertz CT molecular complexity index is 1350. The molecule has 6 nitrogen and oxygen atoms in total. The molecular weight excluding hydrogens is 385 g/mol. The molecule has 30 heavy (non-hydrogen) atoms. The van der Waals surface area contributed by atoms with E-state index >= 15 is 0 Å². The van der Waals surface area contributed by atoms with Gasteiger partial charge in [0.15, 0.2) is 0 Å². The maximum Gasteiger partial charge on any atom is 0.437 e. The molecule has 0 amide bonds. The fraction of sp³-hybridized carbons (Fsp3) is 0.130. The molecule has 0 aliphatic rings. The van der Waals surface area contributed by atoms with Gasteiger partial charge in [0.2, 0.25) is 5.89 Å². The lowest BCUT2D eigenvalue weighted by molar-refractivity contribution is 0.130. The van der Waals surface area contributed by atoms with E-state index in [2.05, 4.69) is 17.2 Å². The minimum atomic E-state index is -0.868. The fourth-order valence-corrected chi connectivity index (χ4v) is 3.80. The number of hydrogen-bond acceptors (Lipinski definition) is 4. The summed E-state index contributed by atoms with van der Waals surface area (Å²) in [6.07, 6.45) is -0.868. The molecule has 150 valence electrons. The second kappa shape index (κ2) is 7.27. The van der Waals surface area contributed by atoms with Crippen LogP contribution in [0, 0.1) is 5.82 Å². The molecule has 2 heterocycles. The summed E-state index contributed by atoms with van der Waals surface area (Å²) in [5, 5.41) is 17.1. The number of para-hydroxylation sites is 2. The van der Waals surface area contributed by atoms with Gasteiger partial charge in [-0.05, 0) is 36.4 Å². The predicted octanol–water partition coefficient (Wildman–Crippen LogP) is 3.81. The molecule has 0 saturated carbocycles. The topological polar surface area (TPSA) is 73.2 Å². The van der Waals surface area contributed by atoms with E-state index in [-0.39, 0.29) is 18.3 Å². The second-order valence-electron chi connectivity index (χ2n) is 7.16. The molecule has 2 aromatic heterocycles. The molecule has 5 rings (SSSR count). The molecule has 0 saturated heterocycles. The summed E-state index contributed by atoms with van der Waals surface area (Å²) >= 11 is 0. The normalized spacial score (nSPS) is 12.6. The number of nitrogens with zero attached hydrogens (tertiary/aromatic N) is 3. The summed E-state index contributed by atoms with van der Waals surface area (Å²) in [4.78, 5) is 12.2. The monoisotopic (exact) mass is 403 g/mol. The third-order valence-corrected chi connectivity index (χ3v) is 5.15. The van der Waals surface area contributed by atoms with Crippen molar-refractivity contribution >= 4 is 21.8 Å². The lowest BCUT2D eigenvalue weighted by Gasteiger charge is -2.13. The van der Waals surface area contributed by atoms with Crippen LogP contribution in [-0.4, -0.2) is 25.6 Å². The summed E-state index contributed by atoms with van der Waals surface area (Å²) in [6.45, 7) is 0.267. The Hall–Kier alpha value is -3.71. The van der Waals surface area contributed by atoms with E-state index in [1.165, 1.54) is 24.3 Å². The first-order valence-corrected chi connectivity index (χ1v) is 9.58. The third-order valence-electron chi connectivity index (χ3n) is 5.15. The molecule has 0 aliphatic carbocycles. The van der Waals surface area contributed by atoms with Gasteiger partial charge in [0.25, 0.3) is 0 Å². The van der Waals surface area contributed by atoms with Gasteiger partial charge in [0, 0.05) is 27.4 Å². The van der Waals surface area contributed by atoms with Crippen LogP contribution < -0.4 is 5.76 Å². The molecular formula is C23H18FN3O3. The van der Waals surface area contributed by atoms with Crippen LogP contribution in [0.15, 0.2) is 82.0 Å². The van der Waals surface area contributed by atoms with E-state index in [4.69, 9.17) is 4.42 Å². The van der Waals surface area contributed by atoms with E-state index < -0.39 is 11.9 Å². The van der Waals surface area contributed by atoms with E-state index in [0.29, 0.717) is 12.1 Å². The van der Waals surface area contributed by atoms with Crippen LogP contribution in [0.2, 0.25) is 0 Å².